The molecule has 0 radical (unpaired) electrons. The number of anilines is 2. The molecular formula is C12H12N6. The third kappa shape index (κ3) is 2.49. The van der Waals surface area contributed by atoms with Gasteiger partial charge >= 0.3 is 0 Å². The SMILES string of the molecule is C=Nc1nc(N)c(N=Cc2cccnc2)cc1N. The molecule has 0 spiro atoms. The third-order valence-electron chi connectivity index (χ3n) is 2.23. The van der Waals surface area contributed by atoms with Crippen LogP contribution in [0, 0.1) is 0 Å². The molecule has 0 fully saturated rings. The lowest BCUT2D eigenvalue weighted by Crippen LogP contribution is -1.95. The second kappa shape index (κ2) is 5.05. The molecule has 0 atom stereocenters. The topological polar surface area (TPSA) is 103 Å². The van der Waals surface area contributed by atoms with Crippen molar-refractivity contribution in [1.82, 2.24) is 9.97 Å². The highest BCUT2D eigenvalue weighted by Gasteiger charge is 2.04. The average molecular weight is 240 g/mol. The molecule has 0 bridgehead atoms. The van der Waals surface area contributed by atoms with E-state index < -0.39 is 0 Å². The maximum absolute atomic E-state index is 5.75. The molecule has 2 aromatic heterocycles. The fourth-order valence-electron chi connectivity index (χ4n) is 1.35. The lowest BCUT2D eigenvalue weighted by atomic mass is 10.3. The maximum Gasteiger partial charge on any atom is 0.176 e. The van der Waals surface area contributed by atoms with Gasteiger partial charge in [0.2, 0.25) is 0 Å². The number of nitrogens with zero attached hydrogens (tertiary/aromatic N) is 4. The van der Waals surface area contributed by atoms with E-state index in [1.165, 1.54) is 0 Å². The number of hydrogen-bond donors (Lipinski definition) is 2. The van der Waals surface area contributed by atoms with Crippen molar-refractivity contribution in [2.75, 3.05) is 11.5 Å². The van der Waals surface area contributed by atoms with Crippen LogP contribution in [0.15, 0.2) is 40.6 Å². The van der Waals surface area contributed by atoms with Gasteiger partial charge in [-0.2, -0.15) is 0 Å². The molecule has 0 amide bonds. The van der Waals surface area contributed by atoms with Crippen LogP contribution in [-0.2, 0) is 0 Å². The molecule has 0 aliphatic carbocycles. The Labute approximate surface area is 104 Å². The Morgan fingerprint density at radius 2 is 2.17 bits per heavy atom. The fraction of sp³-hybridized carbons (Fsp3) is 0. The monoisotopic (exact) mass is 240 g/mol. The second-order valence-electron chi connectivity index (χ2n) is 3.51. The van der Waals surface area contributed by atoms with Gasteiger partial charge in [0.1, 0.15) is 5.69 Å². The summed E-state index contributed by atoms with van der Waals surface area (Å²) in [6, 6.07) is 5.31. The van der Waals surface area contributed by atoms with E-state index in [4.69, 9.17) is 11.5 Å². The van der Waals surface area contributed by atoms with Crippen LogP contribution in [-0.4, -0.2) is 22.9 Å². The molecule has 2 aromatic rings. The number of rotatable bonds is 3. The molecule has 90 valence electrons. The van der Waals surface area contributed by atoms with Crippen molar-refractivity contribution >= 4 is 35.9 Å². The fourth-order valence-corrected chi connectivity index (χ4v) is 1.35. The third-order valence-corrected chi connectivity index (χ3v) is 2.23. The van der Waals surface area contributed by atoms with E-state index in [-0.39, 0.29) is 5.82 Å². The minimum absolute atomic E-state index is 0.256. The number of pyridine rings is 2. The van der Waals surface area contributed by atoms with E-state index in [1.54, 1.807) is 24.7 Å². The Kier molecular flexibility index (Phi) is 3.29. The summed E-state index contributed by atoms with van der Waals surface area (Å²) in [6.07, 6.45) is 5.02. The molecule has 4 N–H and O–H groups in total. The van der Waals surface area contributed by atoms with Crippen LogP contribution in [0.3, 0.4) is 0 Å². The van der Waals surface area contributed by atoms with Gasteiger partial charge < -0.3 is 11.5 Å². The quantitative estimate of drug-likeness (QED) is 0.797. The van der Waals surface area contributed by atoms with Crippen LogP contribution in [0.2, 0.25) is 0 Å². The second-order valence-corrected chi connectivity index (χ2v) is 3.51. The van der Waals surface area contributed by atoms with Crippen molar-refractivity contribution in [3.63, 3.8) is 0 Å². The van der Waals surface area contributed by atoms with Crippen LogP contribution in [0.25, 0.3) is 0 Å². The number of aliphatic imine (C=N–C) groups is 2. The van der Waals surface area contributed by atoms with Crippen LogP contribution < -0.4 is 11.5 Å². The first-order valence-electron chi connectivity index (χ1n) is 5.17. The molecular weight excluding hydrogens is 228 g/mol. The summed E-state index contributed by atoms with van der Waals surface area (Å²) < 4.78 is 0. The molecule has 2 heterocycles. The average Bonchev–Trinajstić information content (AvgIpc) is 2.40. The summed E-state index contributed by atoms with van der Waals surface area (Å²) >= 11 is 0. The number of nitrogens with two attached hydrogens (primary N) is 2. The van der Waals surface area contributed by atoms with E-state index in [0.29, 0.717) is 17.2 Å². The van der Waals surface area contributed by atoms with Crippen molar-refractivity contribution in [3.8, 4) is 0 Å². The van der Waals surface area contributed by atoms with Crippen LogP contribution in [0.4, 0.5) is 23.0 Å². The highest BCUT2D eigenvalue weighted by atomic mass is 15.0. The molecule has 6 nitrogen and oxygen atoms in total. The van der Waals surface area contributed by atoms with Crippen LogP contribution >= 0.6 is 0 Å². The van der Waals surface area contributed by atoms with E-state index in [2.05, 4.69) is 26.7 Å². The predicted octanol–water partition coefficient (Wildman–Crippen LogP) is 1.72. The Hall–Kier alpha value is -2.76. The number of nitrogen functional groups attached to an aromatic ring is 2. The summed E-state index contributed by atoms with van der Waals surface area (Å²) in [4.78, 5) is 15.9. The molecule has 2 rings (SSSR count). The van der Waals surface area contributed by atoms with Crippen molar-refractivity contribution in [3.05, 3.63) is 36.2 Å². The molecule has 0 saturated carbocycles. The summed E-state index contributed by atoms with van der Waals surface area (Å²) in [6.45, 7) is 3.36. The van der Waals surface area contributed by atoms with Crippen molar-refractivity contribution < 1.29 is 0 Å². The van der Waals surface area contributed by atoms with Gasteiger partial charge in [-0.3, -0.25) is 9.98 Å². The first kappa shape index (κ1) is 11.7. The van der Waals surface area contributed by atoms with Gasteiger partial charge in [-0.05, 0) is 18.9 Å². The Bertz CT molecular complexity index is 591. The van der Waals surface area contributed by atoms with E-state index in [1.807, 2.05) is 12.1 Å². The first-order chi connectivity index (χ1) is 8.70. The minimum Gasteiger partial charge on any atom is -0.396 e. The van der Waals surface area contributed by atoms with Crippen molar-refractivity contribution in [1.29, 1.82) is 0 Å². The molecule has 0 unspecified atom stereocenters. The van der Waals surface area contributed by atoms with Gasteiger partial charge in [0, 0.05) is 24.2 Å². The van der Waals surface area contributed by atoms with Crippen molar-refractivity contribution in [2.45, 2.75) is 0 Å². The van der Waals surface area contributed by atoms with Crippen LogP contribution in [0.5, 0.6) is 0 Å². The minimum atomic E-state index is 0.256. The summed E-state index contributed by atoms with van der Waals surface area (Å²) in [5.41, 5.74) is 13.2. The molecule has 0 aliphatic heterocycles. The van der Waals surface area contributed by atoms with E-state index in [0.717, 1.165) is 5.56 Å². The standard InChI is InChI=1S/C12H12N6/c1-15-12-9(13)5-10(11(14)18-12)17-7-8-3-2-4-16-6-8/h2-7H,1,13H2,(H2,14,18). The molecule has 0 aromatic carbocycles. The molecule has 0 aliphatic rings. The zero-order chi connectivity index (χ0) is 13.0. The number of hydrogen-bond acceptors (Lipinski definition) is 6. The Balaban J connectivity index is 2.33. The Morgan fingerprint density at radius 1 is 1.33 bits per heavy atom. The van der Waals surface area contributed by atoms with Crippen LogP contribution in [0.1, 0.15) is 5.56 Å². The van der Waals surface area contributed by atoms with Gasteiger partial charge in [0.05, 0.1) is 5.69 Å². The number of aromatic nitrogens is 2. The highest BCUT2D eigenvalue weighted by molar-refractivity contribution is 5.84. The molecule has 0 saturated heterocycles. The Morgan fingerprint density at radius 3 is 2.83 bits per heavy atom. The zero-order valence-electron chi connectivity index (χ0n) is 9.61. The zero-order valence-corrected chi connectivity index (χ0v) is 9.61. The molecule has 6 heteroatoms. The van der Waals surface area contributed by atoms with Gasteiger partial charge in [-0.25, -0.2) is 9.98 Å². The van der Waals surface area contributed by atoms with Gasteiger partial charge in [-0.15, -0.1) is 0 Å². The lowest BCUT2D eigenvalue weighted by molar-refractivity contribution is 1.28. The lowest BCUT2D eigenvalue weighted by Gasteiger charge is -2.03. The summed E-state index contributed by atoms with van der Waals surface area (Å²) in [5.74, 6) is 0.569. The van der Waals surface area contributed by atoms with Gasteiger partial charge in [0.25, 0.3) is 0 Å². The first-order valence-corrected chi connectivity index (χ1v) is 5.17. The smallest absolute Gasteiger partial charge is 0.176 e. The maximum atomic E-state index is 5.75. The summed E-state index contributed by atoms with van der Waals surface area (Å²) in [7, 11) is 0. The van der Waals surface area contributed by atoms with Crippen molar-refractivity contribution in [2.24, 2.45) is 9.98 Å². The predicted molar refractivity (Wildman–Crippen MR) is 73.8 cm³/mol. The normalized spacial score (nSPS) is 10.7. The molecule has 18 heavy (non-hydrogen) atoms. The largest absolute Gasteiger partial charge is 0.396 e. The van der Waals surface area contributed by atoms with Gasteiger partial charge in [0.15, 0.2) is 11.6 Å². The van der Waals surface area contributed by atoms with Gasteiger partial charge in [-0.1, -0.05) is 6.07 Å². The summed E-state index contributed by atoms with van der Waals surface area (Å²) in [5, 5.41) is 0. The highest BCUT2D eigenvalue weighted by Crippen LogP contribution is 2.29. The van der Waals surface area contributed by atoms with E-state index >= 15 is 0 Å². The van der Waals surface area contributed by atoms with E-state index in [9.17, 15) is 0 Å².